The number of unbranched alkanes of at least 4 members (excludes halogenated alkanes) is 2. The normalized spacial score (nSPS) is 13.9. The van der Waals surface area contributed by atoms with Gasteiger partial charge >= 0.3 is 7.82 Å². The van der Waals surface area contributed by atoms with Gasteiger partial charge in [0, 0.05) is 58.9 Å². The summed E-state index contributed by atoms with van der Waals surface area (Å²) in [6.45, 7) is 4.54. The molecular weight excluding hydrogens is 334 g/mol. The van der Waals surface area contributed by atoms with E-state index in [9.17, 15) is 9.46 Å². The van der Waals surface area contributed by atoms with Crippen LogP contribution in [0.5, 0.6) is 0 Å². The summed E-state index contributed by atoms with van der Waals surface area (Å²) in [5.41, 5.74) is 7.66. The zero-order chi connectivity index (χ0) is 13.0. The molecule has 0 aromatic rings. The van der Waals surface area contributed by atoms with Gasteiger partial charge in [0.25, 0.3) is 0 Å². The van der Waals surface area contributed by atoms with Gasteiger partial charge < -0.3 is 15.9 Å². The molecule has 0 fully saturated rings. The Morgan fingerprint density at radius 2 is 2.00 bits per heavy atom. The summed E-state index contributed by atoms with van der Waals surface area (Å²) in [6, 6.07) is 0. The van der Waals surface area contributed by atoms with E-state index in [0.29, 0.717) is 26.2 Å². The second-order valence-electron chi connectivity index (χ2n) is 3.53. The van der Waals surface area contributed by atoms with E-state index in [0.717, 1.165) is 19.3 Å². The molecule has 0 saturated heterocycles. The van der Waals surface area contributed by atoms with Crippen molar-refractivity contribution >= 4 is 7.82 Å². The molecule has 0 aromatic carbocycles. The Morgan fingerprint density at radius 1 is 1.28 bits per heavy atom. The summed E-state index contributed by atoms with van der Waals surface area (Å²) < 4.78 is 20.6. The summed E-state index contributed by atoms with van der Waals surface area (Å²) >= 11 is 0. The van der Waals surface area contributed by atoms with Crippen LogP contribution in [-0.2, 0) is 46.4 Å². The Bertz CT molecular complexity index is 224. The maximum absolute atomic E-state index is 11.3. The summed E-state index contributed by atoms with van der Waals surface area (Å²) in [6.07, 6.45) is 2.75. The first-order chi connectivity index (χ1) is 8.12. The molecule has 0 aliphatic carbocycles. The van der Waals surface area contributed by atoms with Crippen molar-refractivity contribution in [2.24, 2.45) is 5.73 Å². The molecule has 0 heterocycles. The maximum atomic E-state index is 11.3. The molecule has 7 nitrogen and oxygen atoms in total. The van der Waals surface area contributed by atoms with Gasteiger partial charge in [0.1, 0.15) is 0 Å². The predicted octanol–water partition coefficient (Wildman–Crippen LogP) is 0.361. The van der Waals surface area contributed by atoms with Crippen LogP contribution in [0.25, 0.3) is 0 Å². The van der Waals surface area contributed by atoms with Crippen LogP contribution >= 0.6 is 7.82 Å². The number of nitrogens with two attached hydrogens (primary N) is 1. The average molecular weight is 358 g/mol. The molecular formula is C9H24N3O4PY. The first-order valence-electron chi connectivity index (χ1n) is 5.92. The van der Waals surface area contributed by atoms with Gasteiger partial charge in [-0.05, 0) is 6.42 Å². The topological polar surface area (TPSA) is 106 Å². The van der Waals surface area contributed by atoms with Crippen LogP contribution in [0.2, 0.25) is 0 Å². The number of phosphoric ester groups is 1. The molecule has 107 valence electrons. The molecule has 0 aromatic heterocycles. The van der Waals surface area contributed by atoms with Crippen molar-refractivity contribution in [1.82, 2.24) is 10.8 Å². The third kappa shape index (κ3) is 15.2. The van der Waals surface area contributed by atoms with E-state index in [2.05, 4.69) is 15.4 Å². The first kappa shape index (κ1) is 21.4. The minimum absolute atomic E-state index is 0. The first-order valence-corrected chi connectivity index (χ1v) is 7.41. The zero-order valence-electron chi connectivity index (χ0n) is 10.9. The van der Waals surface area contributed by atoms with E-state index in [-0.39, 0.29) is 39.3 Å². The summed E-state index contributed by atoms with van der Waals surface area (Å²) in [7, 11) is -3.95. The minimum Gasteiger partial charge on any atom is -0.329 e. The molecule has 0 aliphatic rings. The Labute approximate surface area is 134 Å². The molecule has 0 rings (SSSR count). The molecule has 18 heavy (non-hydrogen) atoms. The summed E-state index contributed by atoms with van der Waals surface area (Å²) in [4.78, 5) is 9.22. The van der Waals surface area contributed by atoms with Gasteiger partial charge in [0.15, 0.2) is 0 Å². The molecule has 0 bridgehead atoms. The molecule has 1 radical (unpaired) electrons. The Morgan fingerprint density at radius 3 is 2.61 bits per heavy atom. The second-order valence-corrected chi connectivity index (χ2v) is 4.91. The fraction of sp³-hybridized carbons (Fsp3) is 1.00. The predicted molar refractivity (Wildman–Crippen MR) is 66.3 cm³/mol. The van der Waals surface area contributed by atoms with Gasteiger partial charge in [-0.1, -0.05) is 19.8 Å². The Kier molecular flexibility index (Phi) is 17.2. The summed E-state index contributed by atoms with van der Waals surface area (Å²) in [5.74, 6) is 0. The number of phosphoric acid groups is 1. The van der Waals surface area contributed by atoms with Crippen molar-refractivity contribution in [3.05, 3.63) is 0 Å². The number of hydroxylamine groups is 1. The number of hydrogen-bond acceptors (Lipinski definition) is 6. The Balaban J connectivity index is 0. The van der Waals surface area contributed by atoms with E-state index in [1.54, 1.807) is 0 Å². The zero-order valence-corrected chi connectivity index (χ0v) is 14.7. The summed E-state index contributed by atoms with van der Waals surface area (Å²) in [5, 5.41) is 3.00. The number of hydrogen-bond donors (Lipinski definition) is 4. The molecule has 0 amide bonds. The minimum atomic E-state index is -3.95. The Hall–Kier alpha value is 1.09. The monoisotopic (exact) mass is 358 g/mol. The van der Waals surface area contributed by atoms with Crippen LogP contribution < -0.4 is 16.5 Å². The van der Waals surface area contributed by atoms with Gasteiger partial charge in [0.05, 0.1) is 6.61 Å². The van der Waals surface area contributed by atoms with Crippen molar-refractivity contribution in [2.45, 2.75) is 26.2 Å². The van der Waals surface area contributed by atoms with Crippen LogP contribution in [0.4, 0.5) is 0 Å². The standard InChI is InChI=1S/C9H24N3O4P.Y/c1-2-3-4-9-15-17(13,14)16-12-8-7-11-6-5-10;/h11-12H,2-10H2,1H3,(H,13,14);. The molecule has 1 atom stereocenters. The van der Waals surface area contributed by atoms with Crippen LogP contribution in [0.1, 0.15) is 26.2 Å². The second kappa shape index (κ2) is 14.5. The van der Waals surface area contributed by atoms with Crippen LogP contribution in [0.15, 0.2) is 0 Å². The molecule has 1 unspecified atom stereocenters. The third-order valence-corrected chi connectivity index (χ3v) is 2.78. The van der Waals surface area contributed by atoms with Crippen LogP contribution in [0, 0.1) is 0 Å². The van der Waals surface area contributed by atoms with Crippen LogP contribution in [0.3, 0.4) is 0 Å². The molecule has 0 spiro atoms. The van der Waals surface area contributed by atoms with Crippen molar-refractivity contribution < 1.29 is 51.3 Å². The molecule has 9 heteroatoms. The molecule has 0 aliphatic heterocycles. The van der Waals surface area contributed by atoms with Gasteiger partial charge in [-0.2, -0.15) is 10.1 Å². The van der Waals surface area contributed by atoms with Gasteiger partial charge in [-0.3, -0.25) is 4.52 Å². The molecule has 0 saturated carbocycles. The van der Waals surface area contributed by atoms with Crippen LogP contribution in [-0.4, -0.2) is 37.7 Å². The average Bonchev–Trinajstić information content (AvgIpc) is 2.29. The van der Waals surface area contributed by atoms with Crippen molar-refractivity contribution in [3.63, 3.8) is 0 Å². The smallest absolute Gasteiger partial charge is 0.329 e. The van der Waals surface area contributed by atoms with E-state index in [1.807, 2.05) is 6.92 Å². The number of rotatable bonds is 12. The van der Waals surface area contributed by atoms with Crippen molar-refractivity contribution in [3.8, 4) is 0 Å². The van der Waals surface area contributed by atoms with Crippen molar-refractivity contribution in [2.75, 3.05) is 32.8 Å². The quantitative estimate of drug-likeness (QED) is 0.227. The van der Waals surface area contributed by atoms with Crippen molar-refractivity contribution in [1.29, 1.82) is 0 Å². The molecule has 5 N–H and O–H groups in total. The fourth-order valence-electron chi connectivity index (χ4n) is 1.05. The van der Waals surface area contributed by atoms with Gasteiger partial charge in [-0.15, -0.1) is 0 Å². The van der Waals surface area contributed by atoms with E-state index in [1.165, 1.54) is 0 Å². The van der Waals surface area contributed by atoms with Gasteiger partial charge in [-0.25, -0.2) is 4.57 Å². The SMILES string of the molecule is CCCCCOP(=O)(O)ONCCNCCN.[Y]. The number of nitrogens with one attached hydrogen (secondary N) is 2. The van der Waals surface area contributed by atoms with E-state index in [4.69, 9.17) is 10.3 Å². The third-order valence-electron chi connectivity index (χ3n) is 1.91. The largest absolute Gasteiger partial charge is 0.488 e. The van der Waals surface area contributed by atoms with Gasteiger partial charge in [0.2, 0.25) is 0 Å². The van der Waals surface area contributed by atoms with E-state index >= 15 is 0 Å². The fourth-order valence-corrected chi connectivity index (χ4v) is 1.72. The maximum Gasteiger partial charge on any atom is 0.488 e. The van der Waals surface area contributed by atoms with E-state index < -0.39 is 7.82 Å².